The van der Waals surface area contributed by atoms with E-state index in [-0.39, 0.29) is 11.3 Å². The Kier molecular flexibility index (Phi) is 4.30. The Morgan fingerprint density at radius 1 is 1.18 bits per heavy atom. The smallest absolute Gasteiger partial charge is 0.156 e. The van der Waals surface area contributed by atoms with Gasteiger partial charge in [-0.05, 0) is 98.8 Å². The molecule has 1 aromatic carbocycles. The number of aliphatic hydroxyl groups is 2. The lowest BCUT2D eigenvalue weighted by Crippen LogP contribution is -2.53. The highest BCUT2D eigenvalue weighted by Gasteiger charge is 2.65. The molecule has 3 saturated carbocycles. The number of aryl methyl sites for hydroxylation is 1. The van der Waals surface area contributed by atoms with Gasteiger partial charge in [-0.1, -0.05) is 18.9 Å². The minimum atomic E-state index is -1.39. The van der Waals surface area contributed by atoms with Crippen LogP contribution in [-0.4, -0.2) is 28.0 Å². The molecule has 1 aromatic rings. The summed E-state index contributed by atoms with van der Waals surface area (Å²) in [6.45, 7) is 2.11. The van der Waals surface area contributed by atoms with Crippen molar-refractivity contribution in [3.63, 3.8) is 0 Å². The highest BCUT2D eigenvalue weighted by molar-refractivity contribution is 5.41. The first-order valence-electron chi connectivity index (χ1n) is 11.1. The molecule has 4 aliphatic rings. The summed E-state index contributed by atoms with van der Waals surface area (Å²) in [5.41, 5.74) is 1.13. The van der Waals surface area contributed by atoms with Crippen LogP contribution in [0.25, 0.3) is 0 Å². The lowest BCUT2D eigenvalue weighted by molar-refractivity contribution is -0.101. The van der Waals surface area contributed by atoms with Crippen molar-refractivity contribution in [3.05, 3.63) is 29.3 Å². The Morgan fingerprint density at radius 2 is 1.96 bits per heavy atom. The van der Waals surface area contributed by atoms with Gasteiger partial charge < -0.3 is 14.9 Å². The fourth-order valence-corrected chi connectivity index (χ4v) is 7.11. The zero-order valence-electron chi connectivity index (χ0n) is 16.9. The number of ether oxygens (including phenoxy) is 1. The standard InChI is InChI=1S/C25H32O3/c1-3-25(27)23(26)15-22-21-10-8-16-14-18(28-17-6-4-5-7-17)9-11-19(16)20(21)12-13-24(22,25)2/h1,9,11,14,17,20-23,26-27H,4-8,10,12-13,15H2,2H3/t20-,21+,22+,23-,24+,25+/m1/s1. The summed E-state index contributed by atoms with van der Waals surface area (Å²) >= 11 is 0. The molecular weight excluding hydrogens is 348 g/mol. The van der Waals surface area contributed by atoms with E-state index in [0.717, 1.165) is 31.4 Å². The number of aliphatic hydroxyl groups excluding tert-OH is 1. The molecule has 150 valence electrons. The second-order valence-corrected chi connectivity index (χ2v) is 9.92. The van der Waals surface area contributed by atoms with E-state index >= 15 is 0 Å². The SMILES string of the molecule is C#C[C@]1(O)[C@H](O)C[C@H]2[C@H]3CCc4cc(OC5CCCC5)ccc4[C@H]3CC[C@@]21C. The van der Waals surface area contributed by atoms with Gasteiger partial charge in [0, 0.05) is 5.41 Å². The lowest BCUT2D eigenvalue weighted by Gasteiger charge is -2.52. The van der Waals surface area contributed by atoms with Crippen molar-refractivity contribution in [2.75, 3.05) is 0 Å². The summed E-state index contributed by atoms with van der Waals surface area (Å²) in [6, 6.07) is 6.73. The fourth-order valence-electron chi connectivity index (χ4n) is 7.11. The molecule has 0 bridgehead atoms. The molecule has 0 spiro atoms. The zero-order valence-corrected chi connectivity index (χ0v) is 16.9. The maximum Gasteiger partial charge on any atom is 0.156 e. The Bertz CT molecular complexity index is 805. The van der Waals surface area contributed by atoms with E-state index in [9.17, 15) is 10.2 Å². The van der Waals surface area contributed by atoms with Crippen molar-refractivity contribution in [2.24, 2.45) is 17.3 Å². The average Bonchev–Trinajstić information content (AvgIpc) is 3.27. The maximum absolute atomic E-state index is 11.1. The minimum absolute atomic E-state index is 0.282. The van der Waals surface area contributed by atoms with Crippen LogP contribution in [0.4, 0.5) is 0 Å². The van der Waals surface area contributed by atoms with Gasteiger partial charge in [0.1, 0.15) is 5.75 Å². The molecule has 5 rings (SSSR count). The summed E-state index contributed by atoms with van der Waals surface area (Å²) in [5, 5.41) is 21.7. The van der Waals surface area contributed by atoms with Gasteiger partial charge in [0.05, 0.1) is 12.2 Å². The maximum atomic E-state index is 11.1. The molecule has 0 unspecified atom stereocenters. The number of fused-ring (bicyclic) bond motifs is 5. The Hall–Kier alpha value is -1.50. The number of terminal acetylenes is 1. The average molecular weight is 381 g/mol. The van der Waals surface area contributed by atoms with E-state index < -0.39 is 11.7 Å². The van der Waals surface area contributed by atoms with Crippen LogP contribution >= 0.6 is 0 Å². The van der Waals surface area contributed by atoms with E-state index in [1.165, 1.54) is 36.8 Å². The summed E-state index contributed by atoms with van der Waals surface area (Å²) in [4.78, 5) is 0. The molecule has 28 heavy (non-hydrogen) atoms. The van der Waals surface area contributed by atoms with Crippen molar-refractivity contribution in [1.82, 2.24) is 0 Å². The van der Waals surface area contributed by atoms with Gasteiger partial charge in [0.15, 0.2) is 5.60 Å². The number of benzene rings is 1. The molecule has 0 heterocycles. The van der Waals surface area contributed by atoms with Gasteiger partial charge in [-0.3, -0.25) is 0 Å². The minimum Gasteiger partial charge on any atom is -0.490 e. The van der Waals surface area contributed by atoms with Crippen LogP contribution in [0.1, 0.15) is 75.3 Å². The van der Waals surface area contributed by atoms with Crippen molar-refractivity contribution in [3.8, 4) is 18.1 Å². The van der Waals surface area contributed by atoms with E-state index in [1.807, 2.05) is 0 Å². The summed E-state index contributed by atoms with van der Waals surface area (Å²) in [5.74, 6) is 4.89. The predicted molar refractivity (Wildman–Crippen MR) is 109 cm³/mol. The fraction of sp³-hybridized carbons (Fsp3) is 0.680. The molecule has 2 N–H and O–H groups in total. The van der Waals surface area contributed by atoms with E-state index in [2.05, 4.69) is 31.0 Å². The topological polar surface area (TPSA) is 49.7 Å². The van der Waals surface area contributed by atoms with Crippen molar-refractivity contribution in [1.29, 1.82) is 0 Å². The van der Waals surface area contributed by atoms with Crippen LogP contribution in [-0.2, 0) is 6.42 Å². The Balaban J connectivity index is 1.41. The zero-order chi connectivity index (χ0) is 19.5. The van der Waals surface area contributed by atoms with Crippen LogP contribution < -0.4 is 4.74 Å². The molecule has 0 radical (unpaired) electrons. The van der Waals surface area contributed by atoms with Crippen molar-refractivity contribution in [2.45, 2.75) is 88.4 Å². The molecule has 3 heteroatoms. The first kappa shape index (κ1) is 18.5. The third-order valence-electron chi connectivity index (χ3n) is 8.74. The molecule has 0 aliphatic heterocycles. The third-order valence-corrected chi connectivity index (χ3v) is 8.74. The molecule has 0 saturated heterocycles. The van der Waals surface area contributed by atoms with Gasteiger partial charge in [-0.25, -0.2) is 0 Å². The Morgan fingerprint density at radius 3 is 2.71 bits per heavy atom. The largest absolute Gasteiger partial charge is 0.490 e. The summed E-state index contributed by atoms with van der Waals surface area (Å²) in [7, 11) is 0. The first-order chi connectivity index (χ1) is 13.5. The third kappa shape index (κ3) is 2.50. The highest BCUT2D eigenvalue weighted by atomic mass is 16.5. The van der Waals surface area contributed by atoms with Gasteiger partial charge >= 0.3 is 0 Å². The van der Waals surface area contributed by atoms with Crippen LogP contribution in [0.2, 0.25) is 0 Å². The van der Waals surface area contributed by atoms with E-state index in [4.69, 9.17) is 11.2 Å². The monoisotopic (exact) mass is 380 g/mol. The molecule has 0 amide bonds. The lowest BCUT2D eigenvalue weighted by atomic mass is 9.53. The van der Waals surface area contributed by atoms with Crippen molar-refractivity contribution >= 4 is 0 Å². The predicted octanol–water partition coefficient (Wildman–Crippen LogP) is 4.20. The molecule has 0 aromatic heterocycles. The normalized spacial score (nSPS) is 42.4. The number of rotatable bonds is 2. The first-order valence-corrected chi connectivity index (χ1v) is 11.1. The second kappa shape index (κ2) is 6.51. The van der Waals surface area contributed by atoms with Crippen LogP contribution in [0.3, 0.4) is 0 Å². The second-order valence-electron chi connectivity index (χ2n) is 9.92. The summed E-state index contributed by atoms with van der Waals surface area (Å²) in [6.07, 6.45) is 14.9. The molecular formula is C25H32O3. The van der Waals surface area contributed by atoms with Gasteiger partial charge in [-0.2, -0.15) is 0 Å². The number of hydrogen-bond acceptors (Lipinski definition) is 3. The van der Waals surface area contributed by atoms with E-state index in [1.54, 1.807) is 0 Å². The molecule has 4 aliphatic carbocycles. The van der Waals surface area contributed by atoms with Crippen LogP contribution in [0, 0.1) is 29.6 Å². The molecule has 3 fully saturated rings. The van der Waals surface area contributed by atoms with Crippen LogP contribution in [0.5, 0.6) is 5.75 Å². The van der Waals surface area contributed by atoms with Gasteiger partial charge in [-0.15, -0.1) is 6.42 Å². The van der Waals surface area contributed by atoms with Gasteiger partial charge in [0.2, 0.25) is 0 Å². The number of hydrogen-bond donors (Lipinski definition) is 2. The highest BCUT2D eigenvalue weighted by Crippen LogP contribution is 2.64. The summed E-state index contributed by atoms with van der Waals surface area (Å²) < 4.78 is 6.23. The van der Waals surface area contributed by atoms with E-state index in [0.29, 0.717) is 24.4 Å². The van der Waals surface area contributed by atoms with Gasteiger partial charge in [0.25, 0.3) is 0 Å². The Labute approximate surface area is 168 Å². The van der Waals surface area contributed by atoms with Crippen molar-refractivity contribution < 1.29 is 14.9 Å². The molecule has 6 atom stereocenters. The van der Waals surface area contributed by atoms with Crippen LogP contribution in [0.15, 0.2) is 18.2 Å². The molecule has 3 nitrogen and oxygen atoms in total. The quantitative estimate of drug-likeness (QED) is 0.756.